The van der Waals surface area contributed by atoms with E-state index in [0.717, 1.165) is 19.4 Å². The third-order valence-corrected chi connectivity index (χ3v) is 5.75. The highest BCUT2D eigenvalue weighted by molar-refractivity contribution is 5.80. The monoisotopic (exact) mass is 354 g/mol. The highest BCUT2D eigenvalue weighted by atomic mass is 16.5. The number of carbonyl (C=O) groups is 1. The molecule has 1 amide bonds. The number of carbonyl (C=O) groups excluding carboxylic acids is 1. The Morgan fingerprint density at radius 1 is 1.35 bits per heavy atom. The van der Waals surface area contributed by atoms with Gasteiger partial charge in [0.1, 0.15) is 0 Å². The molecule has 0 unspecified atom stereocenters. The molecule has 0 spiro atoms. The molecule has 0 N–H and O–H groups in total. The van der Waals surface area contributed by atoms with Crippen LogP contribution in [-0.2, 0) is 17.8 Å². The van der Waals surface area contributed by atoms with Crippen molar-refractivity contribution in [2.45, 2.75) is 51.2 Å². The fraction of sp³-hybridized carbons (Fsp3) is 0.550. The minimum atomic E-state index is 0.0465. The standard InChI is InChI=1S/C20H26N4O2/c1-3-19-21-18(22-26-19)13-23(2)20(25)15-12-17(14-8-5-4-6-9-14)24-11-7-10-16(15)24/h4-6,8-9,15-17H,3,7,10-13H2,1-2H3/t15-,16+,17-/m1/s1. The van der Waals surface area contributed by atoms with E-state index in [1.54, 1.807) is 4.90 Å². The van der Waals surface area contributed by atoms with Crippen molar-refractivity contribution >= 4 is 5.91 Å². The molecular formula is C20H26N4O2. The Balaban J connectivity index is 1.48. The molecule has 6 nitrogen and oxygen atoms in total. The Hall–Kier alpha value is -2.21. The molecule has 138 valence electrons. The smallest absolute Gasteiger partial charge is 0.227 e. The van der Waals surface area contributed by atoms with Gasteiger partial charge in [0.25, 0.3) is 0 Å². The van der Waals surface area contributed by atoms with Crippen molar-refractivity contribution in [2.75, 3.05) is 13.6 Å². The SMILES string of the molecule is CCc1nc(CN(C)C(=O)[C@@H]2C[C@H](c3ccccc3)N3CCC[C@@H]23)no1. The van der Waals surface area contributed by atoms with Crippen LogP contribution in [0.4, 0.5) is 0 Å². The molecule has 4 rings (SSSR count). The van der Waals surface area contributed by atoms with Crippen molar-refractivity contribution in [3.8, 4) is 0 Å². The van der Waals surface area contributed by atoms with Gasteiger partial charge in [-0.05, 0) is 31.4 Å². The quantitative estimate of drug-likeness (QED) is 0.826. The number of hydrogen-bond acceptors (Lipinski definition) is 5. The lowest BCUT2D eigenvalue weighted by atomic mass is 9.93. The summed E-state index contributed by atoms with van der Waals surface area (Å²) in [6.45, 7) is 3.47. The number of nitrogens with zero attached hydrogens (tertiary/aromatic N) is 4. The van der Waals surface area contributed by atoms with Gasteiger partial charge in [-0.25, -0.2) is 0 Å². The average molecular weight is 354 g/mol. The predicted molar refractivity (Wildman–Crippen MR) is 97.2 cm³/mol. The van der Waals surface area contributed by atoms with Crippen LogP contribution in [0.3, 0.4) is 0 Å². The van der Waals surface area contributed by atoms with Gasteiger partial charge in [0.15, 0.2) is 5.82 Å². The molecule has 2 fully saturated rings. The van der Waals surface area contributed by atoms with E-state index in [9.17, 15) is 4.79 Å². The minimum Gasteiger partial charge on any atom is -0.339 e. The summed E-state index contributed by atoms with van der Waals surface area (Å²) in [6.07, 6.45) is 3.88. The van der Waals surface area contributed by atoms with Crippen LogP contribution in [0.1, 0.15) is 49.5 Å². The Morgan fingerprint density at radius 3 is 2.88 bits per heavy atom. The van der Waals surface area contributed by atoms with E-state index in [0.29, 0.717) is 36.8 Å². The van der Waals surface area contributed by atoms with Crippen LogP contribution in [0.15, 0.2) is 34.9 Å². The Kier molecular flexibility index (Phi) is 4.76. The average Bonchev–Trinajstić information content (AvgIpc) is 3.38. The Bertz CT molecular complexity index is 760. The predicted octanol–water partition coefficient (Wildman–Crippen LogP) is 2.82. The second-order valence-corrected chi connectivity index (χ2v) is 7.37. The van der Waals surface area contributed by atoms with Gasteiger partial charge in [0, 0.05) is 25.6 Å². The maximum Gasteiger partial charge on any atom is 0.227 e. The molecule has 26 heavy (non-hydrogen) atoms. The molecule has 0 radical (unpaired) electrons. The molecule has 1 aromatic heterocycles. The van der Waals surface area contributed by atoms with E-state index >= 15 is 0 Å². The van der Waals surface area contributed by atoms with Crippen LogP contribution >= 0.6 is 0 Å². The molecule has 0 bridgehead atoms. The first-order valence-corrected chi connectivity index (χ1v) is 9.54. The van der Waals surface area contributed by atoms with E-state index in [1.165, 1.54) is 12.0 Å². The Morgan fingerprint density at radius 2 is 2.15 bits per heavy atom. The molecule has 2 aromatic rings. The van der Waals surface area contributed by atoms with Gasteiger partial charge >= 0.3 is 0 Å². The van der Waals surface area contributed by atoms with Crippen molar-refractivity contribution in [3.05, 3.63) is 47.6 Å². The fourth-order valence-corrected chi connectivity index (χ4v) is 4.51. The molecule has 0 saturated carbocycles. The zero-order valence-corrected chi connectivity index (χ0v) is 15.5. The van der Waals surface area contributed by atoms with Crippen LogP contribution in [0.5, 0.6) is 0 Å². The van der Waals surface area contributed by atoms with Crippen molar-refractivity contribution in [2.24, 2.45) is 5.92 Å². The molecule has 1 aromatic carbocycles. The first-order chi connectivity index (χ1) is 12.7. The summed E-state index contributed by atoms with van der Waals surface area (Å²) in [6, 6.07) is 11.3. The zero-order valence-electron chi connectivity index (χ0n) is 15.5. The van der Waals surface area contributed by atoms with E-state index < -0.39 is 0 Å². The molecule has 2 saturated heterocycles. The summed E-state index contributed by atoms with van der Waals surface area (Å²) in [5, 5.41) is 3.97. The maximum atomic E-state index is 13.2. The topological polar surface area (TPSA) is 62.5 Å². The molecular weight excluding hydrogens is 328 g/mol. The summed E-state index contributed by atoms with van der Waals surface area (Å²) in [5.74, 6) is 1.44. The normalized spacial score (nSPS) is 25.4. The molecule has 3 heterocycles. The van der Waals surface area contributed by atoms with E-state index in [-0.39, 0.29) is 11.8 Å². The van der Waals surface area contributed by atoms with Gasteiger partial charge in [0.05, 0.1) is 12.5 Å². The van der Waals surface area contributed by atoms with Crippen molar-refractivity contribution in [1.82, 2.24) is 19.9 Å². The molecule has 3 atom stereocenters. The highest BCUT2D eigenvalue weighted by Gasteiger charge is 2.47. The van der Waals surface area contributed by atoms with Gasteiger partial charge in [-0.3, -0.25) is 9.69 Å². The number of hydrogen-bond donors (Lipinski definition) is 0. The molecule has 2 aliphatic rings. The largest absolute Gasteiger partial charge is 0.339 e. The third kappa shape index (κ3) is 3.14. The van der Waals surface area contributed by atoms with E-state index in [1.807, 2.05) is 20.0 Å². The summed E-state index contributed by atoms with van der Waals surface area (Å²) in [4.78, 5) is 21.8. The van der Waals surface area contributed by atoms with Crippen molar-refractivity contribution in [3.63, 3.8) is 0 Å². The van der Waals surface area contributed by atoms with Crippen LogP contribution < -0.4 is 0 Å². The first-order valence-electron chi connectivity index (χ1n) is 9.54. The number of amides is 1. The maximum absolute atomic E-state index is 13.2. The molecule has 6 heteroatoms. The van der Waals surface area contributed by atoms with Gasteiger partial charge in [-0.2, -0.15) is 4.98 Å². The minimum absolute atomic E-state index is 0.0465. The number of aromatic nitrogens is 2. The van der Waals surface area contributed by atoms with Crippen LogP contribution in [0, 0.1) is 5.92 Å². The number of rotatable bonds is 5. The van der Waals surface area contributed by atoms with Gasteiger partial charge in [-0.15, -0.1) is 0 Å². The summed E-state index contributed by atoms with van der Waals surface area (Å²) < 4.78 is 5.16. The molecule has 2 aliphatic heterocycles. The van der Waals surface area contributed by atoms with Gasteiger partial charge in [0.2, 0.25) is 11.8 Å². The number of fused-ring (bicyclic) bond motifs is 1. The zero-order chi connectivity index (χ0) is 18.1. The summed E-state index contributed by atoms with van der Waals surface area (Å²) in [5.41, 5.74) is 1.32. The van der Waals surface area contributed by atoms with E-state index in [2.05, 4.69) is 39.3 Å². The van der Waals surface area contributed by atoms with Crippen LogP contribution in [0.2, 0.25) is 0 Å². The highest BCUT2D eigenvalue weighted by Crippen LogP contribution is 2.45. The second-order valence-electron chi connectivity index (χ2n) is 7.37. The van der Waals surface area contributed by atoms with Crippen LogP contribution in [-0.4, -0.2) is 45.5 Å². The van der Waals surface area contributed by atoms with Crippen molar-refractivity contribution < 1.29 is 9.32 Å². The number of benzene rings is 1. The lowest BCUT2D eigenvalue weighted by molar-refractivity contribution is -0.135. The number of aryl methyl sites for hydroxylation is 1. The lowest BCUT2D eigenvalue weighted by Crippen LogP contribution is -2.38. The van der Waals surface area contributed by atoms with E-state index in [4.69, 9.17) is 4.52 Å². The lowest BCUT2D eigenvalue weighted by Gasteiger charge is -2.25. The van der Waals surface area contributed by atoms with Crippen molar-refractivity contribution in [1.29, 1.82) is 0 Å². The van der Waals surface area contributed by atoms with Gasteiger partial charge in [-0.1, -0.05) is 42.4 Å². The first kappa shape index (κ1) is 17.2. The summed E-state index contributed by atoms with van der Waals surface area (Å²) in [7, 11) is 1.85. The fourth-order valence-electron chi connectivity index (χ4n) is 4.51. The Labute approximate surface area is 154 Å². The van der Waals surface area contributed by atoms with Gasteiger partial charge < -0.3 is 9.42 Å². The second kappa shape index (κ2) is 7.19. The third-order valence-electron chi connectivity index (χ3n) is 5.75. The van der Waals surface area contributed by atoms with Crippen LogP contribution in [0.25, 0.3) is 0 Å². The molecule has 0 aliphatic carbocycles. The summed E-state index contributed by atoms with van der Waals surface area (Å²) >= 11 is 0.